The molecule has 0 bridgehead atoms. The third-order valence-electron chi connectivity index (χ3n) is 9.18. The highest BCUT2D eigenvalue weighted by atomic mass is 16.2. The summed E-state index contributed by atoms with van der Waals surface area (Å²) in [6, 6.07) is 24.7. The molecular formula is C38H40N6O4. The molecule has 2 aliphatic rings. The smallest absolute Gasteiger partial charge is 0.269 e. The van der Waals surface area contributed by atoms with Gasteiger partial charge < -0.3 is 21.3 Å². The van der Waals surface area contributed by atoms with Crippen molar-refractivity contribution >= 4 is 23.6 Å². The van der Waals surface area contributed by atoms with E-state index in [1.807, 2.05) is 62.4 Å². The number of carbonyl (C=O) groups excluding carboxylic acids is 4. The second kappa shape index (κ2) is 13.8. The summed E-state index contributed by atoms with van der Waals surface area (Å²) in [5, 5.41) is 11.4. The highest BCUT2D eigenvalue weighted by molar-refractivity contribution is 5.99. The summed E-state index contributed by atoms with van der Waals surface area (Å²) in [5.74, 6) is -1.36. The van der Waals surface area contributed by atoms with Crippen molar-refractivity contribution in [2.24, 2.45) is 0 Å². The zero-order valence-corrected chi connectivity index (χ0v) is 27.5. The van der Waals surface area contributed by atoms with Gasteiger partial charge >= 0.3 is 0 Å². The van der Waals surface area contributed by atoms with Crippen LogP contribution in [-0.2, 0) is 0 Å². The van der Waals surface area contributed by atoms with E-state index in [1.165, 1.54) is 19.2 Å². The Morgan fingerprint density at radius 2 is 1.19 bits per heavy atom. The monoisotopic (exact) mass is 644 g/mol. The first-order valence-corrected chi connectivity index (χ1v) is 16.4. The Morgan fingerprint density at radius 1 is 0.646 bits per heavy atom. The highest BCUT2D eigenvalue weighted by Gasteiger charge is 2.40. The fourth-order valence-corrected chi connectivity index (χ4v) is 5.91. The number of aromatic nitrogens is 2. The normalized spacial score (nSPS) is 17.8. The Bertz CT molecular complexity index is 1870. The average molecular weight is 645 g/mol. The van der Waals surface area contributed by atoms with Crippen molar-refractivity contribution in [2.45, 2.75) is 62.9 Å². The summed E-state index contributed by atoms with van der Waals surface area (Å²) in [6.45, 7) is 4.01. The van der Waals surface area contributed by atoms with E-state index in [-0.39, 0.29) is 64.9 Å². The maximum absolute atomic E-state index is 13.5. The van der Waals surface area contributed by atoms with Crippen LogP contribution >= 0.6 is 0 Å². The zero-order valence-electron chi connectivity index (χ0n) is 27.5. The quantitative estimate of drug-likeness (QED) is 0.187. The molecule has 246 valence electrons. The molecule has 10 nitrogen and oxygen atoms in total. The van der Waals surface area contributed by atoms with Crippen LogP contribution in [0.25, 0.3) is 0 Å². The molecule has 2 saturated carbocycles. The van der Waals surface area contributed by atoms with Crippen molar-refractivity contribution in [1.82, 2.24) is 31.2 Å². The van der Waals surface area contributed by atoms with Gasteiger partial charge in [0.05, 0.1) is 0 Å². The van der Waals surface area contributed by atoms with E-state index in [0.717, 1.165) is 36.0 Å². The molecule has 2 fully saturated rings. The predicted octanol–water partition coefficient (Wildman–Crippen LogP) is 4.68. The first kappa shape index (κ1) is 32.6. The van der Waals surface area contributed by atoms with Crippen LogP contribution in [0.4, 0.5) is 0 Å². The molecule has 2 aromatic carbocycles. The Balaban J connectivity index is 1.19. The fraction of sp³-hybridized carbons (Fsp3) is 0.316. The second-order valence-electron chi connectivity index (χ2n) is 12.7. The minimum atomic E-state index is -0.354. The van der Waals surface area contributed by atoms with Crippen molar-refractivity contribution in [1.29, 1.82) is 0 Å². The van der Waals surface area contributed by atoms with E-state index in [4.69, 9.17) is 0 Å². The van der Waals surface area contributed by atoms with Crippen molar-refractivity contribution in [3.63, 3.8) is 0 Å². The lowest BCUT2D eigenvalue weighted by Crippen LogP contribution is -2.28. The second-order valence-corrected chi connectivity index (χ2v) is 12.7. The molecule has 2 heterocycles. The Morgan fingerprint density at radius 3 is 1.75 bits per heavy atom. The first-order valence-electron chi connectivity index (χ1n) is 16.4. The summed E-state index contributed by atoms with van der Waals surface area (Å²) in [7, 11) is 3.08. The van der Waals surface area contributed by atoms with Gasteiger partial charge in [-0.05, 0) is 60.2 Å². The largest absolute Gasteiger partial charge is 0.354 e. The number of hydrogen-bond acceptors (Lipinski definition) is 6. The molecule has 0 radical (unpaired) electrons. The molecule has 0 saturated heterocycles. The number of nitrogens with zero attached hydrogens (tertiary/aromatic N) is 2. The minimum Gasteiger partial charge on any atom is -0.354 e. The van der Waals surface area contributed by atoms with Crippen LogP contribution in [0.3, 0.4) is 0 Å². The molecule has 48 heavy (non-hydrogen) atoms. The molecule has 0 aliphatic heterocycles. The molecule has 4 N–H and O–H groups in total. The third kappa shape index (κ3) is 7.27. The van der Waals surface area contributed by atoms with E-state index < -0.39 is 0 Å². The molecule has 6 rings (SSSR count). The van der Waals surface area contributed by atoms with E-state index in [2.05, 4.69) is 37.3 Å². The van der Waals surface area contributed by atoms with E-state index in [1.54, 1.807) is 19.2 Å². The van der Waals surface area contributed by atoms with Crippen molar-refractivity contribution in [2.75, 3.05) is 14.1 Å². The lowest BCUT2D eigenvalue weighted by atomic mass is 9.93. The fourth-order valence-electron chi connectivity index (χ4n) is 5.91. The van der Waals surface area contributed by atoms with Crippen LogP contribution in [0.15, 0.2) is 78.9 Å². The van der Waals surface area contributed by atoms with Crippen molar-refractivity contribution < 1.29 is 19.2 Å². The van der Waals surface area contributed by atoms with Gasteiger partial charge in [-0.25, -0.2) is 9.97 Å². The number of nitrogens with one attached hydrogen (secondary N) is 4. The number of hydrogen-bond donors (Lipinski definition) is 4. The molecular weight excluding hydrogens is 604 g/mol. The van der Waals surface area contributed by atoms with Gasteiger partial charge in [0.2, 0.25) is 0 Å². The topological polar surface area (TPSA) is 142 Å². The Hall–Kier alpha value is -5.38. The van der Waals surface area contributed by atoms with Crippen LogP contribution in [0, 0.1) is 0 Å². The summed E-state index contributed by atoms with van der Waals surface area (Å²) in [5.41, 5.74) is 5.56. The van der Waals surface area contributed by atoms with Gasteiger partial charge in [0.15, 0.2) is 0 Å². The molecule has 2 aliphatic carbocycles. The predicted molar refractivity (Wildman–Crippen MR) is 182 cm³/mol. The lowest BCUT2D eigenvalue weighted by molar-refractivity contribution is 0.0937. The molecule has 4 aromatic rings. The number of amides is 4. The standard InChI is InChI=1S/C38H40N6O4/c1-21(23-9-6-5-7-10-23)30-17-27(19-34(42-30)38(48)40-4)36(46)44-32-20-29(32)25-12-8-11-24(15-25)22(2)31-16-26(35(45)41-28-13-14-28)18-33(43-31)37(47)39-3/h5-12,15-19,21-22,28-29,32H,13-14,20H2,1-4H3,(H,39,47)(H,40,48)(H,41,45)(H,44,46)/t21-,22+,29?,32?/m0/s1. The minimum absolute atomic E-state index is 0.0675. The first-order chi connectivity index (χ1) is 23.1. The van der Waals surface area contributed by atoms with Crippen molar-refractivity contribution in [3.8, 4) is 0 Å². The van der Waals surface area contributed by atoms with Gasteiger partial charge in [-0.15, -0.1) is 0 Å². The van der Waals surface area contributed by atoms with Crippen molar-refractivity contribution in [3.05, 3.63) is 129 Å². The van der Waals surface area contributed by atoms with E-state index in [9.17, 15) is 19.2 Å². The average Bonchev–Trinajstić information content (AvgIpc) is 4.08. The molecule has 4 atom stereocenters. The van der Waals surface area contributed by atoms with Gasteiger partial charge in [-0.1, -0.05) is 68.4 Å². The summed E-state index contributed by atoms with van der Waals surface area (Å²) in [6.07, 6.45) is 2.71. The maximum atomic E-state index is 13.5. The van der Waals surface area contributed by atoms with Gasteiger partial charge in [0.1, 0.15) is 11.4 Å². The maximum Gasteiger partial charge on any atom is 0.269 e. The van der Waals surface area contributed by atoms with Crippen LogP contribution in [0.1, 0.15) is 121 Å². The van der Waals surface area contributed by atoms with Crippen LogP contribution < -0.4 is 21.3 Å². The number of pyridine rings is 2. The molecule has 2 unspecified atom stereocenters. The highest BCUT2D eigenvalue weighted by Crippen LogP contribution is 2.42. The van der Waals surface area contributed by atoms with Gasteiger partial charge in [-0.3, -0.25) is 19.2 Å². The Labute approximate surface area is 280 Å². The van der Waals surface area contributed by atoms with Crippen LogP contribution in [0.2, 0.25) is 0 Å². The van der Waals surface area contributed by atoms with Crippen LogP contribution in [-0.4, -0.2) is 59.8 Å². The van der Waals surface area contributed by atoms with E-state index >= 15 is 0 Å². The molecule has 0 spiro atoms. The summed E-state index contributed by atoms with van der Waals surface area (Å²) >= 11 is 0. The number of benzene rings is 2. The number of carbonyl (C=O) groups is 4. The van der Waals surface area contributed by atoms with Gasteiger partial charge in [0, 0.05) is 66.4 Å². The molecule has 10 heteroatoms. The van der Waals surface area contributed by atoms with Gasteiger partial charge in [-0.2, -0.15) is 0 Å². The molecule has 2 aromatic heterocycles. The van der Waals surface area contributed by atoms with E-state index in [0.29, 0.717) is 22.5 Å². The summed E-state index contributed by atoms with van der Waals surface area (Å²) < 4.78 is 0. The zero-order chi connectivity index (χ0) is 33.9. The Kier molecular flexibility index (Phi) is 9.34. The van der Waals surface area contributed by atoms with Gasteiger partial charge in [0.25, 0.3) is 23.6 Å². The molecule has 4 amide bonds. The SMILES string of the molecule is CNC(=O)c1cc(C(=O)NC2CC2)cc([C@H](C)c2cccc(C3CC3NC(=O)c3cc(C(=O)NC)nc([C@@H](C)c4ccccc4)c3)c2)n1. The third-order valence-corrected chi connectivity index (χ3v) is 9.18. The van der Waals surface area contributed by atoms with Crippen LogP contribution in [0.5, 0.6) is 0 Å². The lowest BCUT2D eigenvalue weighted by Gasteiger charge is -2.16. The summed E-state index contributed by atoms with van der Waals surface area (Å²) in [4.78, 5) is 60.7. The number of rotatable bonds is 11.